The molecular weight excluding hydrogens is 132 g/mol. The number of hydrogen-bond acceptors (Lipinski definition) is 2. The highest BCUT2D eigenvalue weighted by molar-refractivity contribution is 5.66. The van der Waals surface area contributed by atoms with Crippen LogP contribution in [0.4, 0.5) is 0 Å². The molecule has 0 atom stereocenters. The van der Waals surface area contributed by atoms with Crippen molar-refractivity contribution in [1.29, 1.82) is 0 Å². The Hall–Kier alpha value is -0.570. The zero-order chi connectivity index (χ0) is 7.98. The molecule has 0 aromatic carbocycles. The van der Waals surface area contributed by atoms with Gasteiger partial charge in [0.25, 0.3) is 0 Å². The van der Waals surface area contributed by atoms with Gasteiger partial charge in [0.1, 0.15) is 0 Å². The Balaban J connectivity index is 2.98. The van der Waals surface area contributed by atoms with Gasteiger partial charge < -0.3 is 9.84 Å². The van der Waals surface area contributed by atoms with Gasteiger partial charge in [-0.15, -0.1) is 0 Å². The van der Waals surface area contributed by atoms with Crippen LogP contribution in [0.1, 0.15) is 26.7 Å². The highest BCUT2D eigenvalue weighted by Crippen LogP contribution is 1.98. The summed E-state index contributed by atoms with van der Waals surface area (Å²) in [5.74, 6) is -0.788. The zero-order valence-corrected chi connectivity index (χ0v) is 6.33. The predicted molar refractivity (Wildman–Crippen MR) is 37.4 cm³/mol. The average Bonchev–Trinajstić information content (AvgIpc) is 1.79. The molecule has 0 saturated heterocycles. The molecular formula is C7H13O3. The van der Waals surface area contributed by atoms with Crippen LogP contribution in [-0.2, 0) is 9.53 Å². The normalized spacial score (nSPS) is 10.3. The molecule has 59 valence electrons. The van der Waals surface area contributed by atoms with Crippen molar-refractivity contribution in [2.45, 2.75) is 32.8 Å². The van der Waals surface area contributed by atoms with E-state index in [1.807, 2.05) is 13.8 Å². The Kier molecular flexibility index (Phi) is 4.94. The molecule has 3 nitrogen and oxygen atoms in total. The molecule has 0 spiro atoms. The summed E-state index contributed by atoms with van der Waals surface area (Å²) in [5.41, 5.74) is 0. The van der Waals surface area contributed by atoms with Crippen LogP contribution >= 0.6 is 0 Å². The van der Waals surface area contributed by atoms with Crippen LogP contribution in [0.2, 0.25) is 0 Å². The van der Waals surface area contributed by atoms with Crippen LogP contribution < -0.4 is 0 Å². The van der Waals surface area contributed by atoms with Crippen LogP contribution in [-0.4, -0.2) is 17.2 Å². The van der Waals surface area contributed by atoms with Gasteiger partial charge in [-0.3, -0.25) is 4.79 Å². The van der Waals surface area contributed by atoms with E-state index in [2.05, 4.69) is 0 Å². The summed E-state index contributed by atoms with van der Waals surface area (Å²) in [5, 5.41) is 8.20. The second kappa shape index (κ2) is 5.23. The highest BCUT2D eigenvalue weighted by Gasteiger charge is 1.97. The maximum atomic E-state index is 9.97. The van der Waals surface area contributed by atoms with Gasteiger partial charge in [-0.2, -0.15) is 0 Å². The summed E-state index contributed by atoms with van der Waals surface area (Å²) in [4.78, 5) is 9.97. The largest absolute Gasteiger partial charge is 0.481 e. The third-order valence-corrected chi connectivity index (χ3v) is 0.844. The van der Waals surface area contributed by atoms with Gasteiger partial charge in [0.05, 0.1) is 12.7 Å². The van der Waals surface area contributed by atoms with Gasteiger partial charge >= 0.3 is 5.97 Å². The molecule has 0 fully saturated rings. The van der Waals surface area contributed by atoms with Crippen molar-refractivity contribution in [3.63, 3.8) is 0 Å². The Bertz CT molecular complexity index is 99.0. The lowest BCUT2D eigenvalue weighted by Crippen LogP contribution is -2.01. The molecule has 0 rings (SSSR count). The third kappa shape index (κ3) is 7.43. The standard InChI is InChI=1S/C7H13O3/c1-6(2)10-5-3-4-7(8)9/h5-6H,3-4H2,1-2H3,(H,8,9). The molecule has 0 unspecified atom stereocenters. The second-order valence-electron chi connectivity index (χ2n) is 2.28. The number of carbonyl (C=O) groups is 1. The number of rotatable bonds is 5. The summed E-state index contributed by atoms with van der Waals surface area (Å²) in [6.45, 7) is 5.34. The van der Waals surface area contributed by atoms with Crippen LogP contribution in [0.25, 0.3) is 0 Å². The van der Waals surface area contributed by atoms with E-state index in [1.165, 1.54) is 0 Å². The van der Waals surface area contributed by atoms with Crippen molar-refractivity contribution < 1.29 is 14.6 Å². The van der Waals surface area contributed by atoms with Crippen molar-refractivity contribution in [3.8, 4) is 0 Å². The van der Waals surface area contributed by atoms with Crippen molar-refractivity contribution in [1.82, 2.24) is 0 Å². The lowest BCUT2D eigenvalue weighted by Gasteiger charge is -2.03. The molecule has 0 aliphatic heterocycles. The van der Waals surface area contributed by atoms with E-state index >= 15 is 0 Å². The van der Waals surface area contributed by atoms with Gasteiger partial charge in [0, 0.05) is 6.42 Å². The van der Waals surface area contributed by atoms with Gasteiger partial charge in [-0.1, -0.05) is 0 Å². The molecule has 0 saturated carbocycles. The Labute approximate surface area is 61.0 Å². The number of hydrogen-bond donors (Lipinski definition) is 1. The average molecular weight is 145 g/mol. The summed E-state index contributed by atoms with van der Waals surface area (Å²) >= 11 is 0. The quantitative estimate of drug-likeness (QED) is 0.595. The lowest BCUT2D eigenvalue weighted by molar-refractivity contribution is -0.137. The van der Waals surface area contributed by atoms with E-state index in [1.54, 1.807) is 6.61 Å². The minimum Gasteiger partial charge on any atom is -0.481 e. The first kappa shape index (κ1) is 9.43. The van der Waals surface area contributed by atoms with Gasteiger partial charge in [0.2, 0.25) is 0 Å². The molecule has 0 heterocycles. The molecule has 10 heavy (non-hydrogen) atoms. The fourth-order valence-corrected chi connectivity index (χ4v) is 0.443. The molecule has 0 aliphatic carbocycles. The fraction of sp³-hybridized carbons (Fsp3) is 0.714. The minimum absolute atomic E-state index is 0.146. The van der Waals surface area contributed by atoms with E-state index in [0.717, 1.165) is 0 Å². The smallest absolute Gasteiger partial charge is 0.303 e. The van der Waals surface area contributed by atoms with Crippen molar-refractivity contribution in [2.24, 2.45) is 0 Å². The van der Waals surface area contributed by atoms with Gasteiger partial charge in [-0.25, -0.2) is 0 Å². The van der Waals surface area contributed by atoms with Crippen molar-refractivity contribution in [2.75, 3.05) is 0 Å². The van der Waals surface area contributed by atoms with Crippen LogP contribution in [0.15, 0.2) is 0 Å². The Morgan fingerprint density at radius 2 is 2.30 bits per heavy atom. The molecule has 0 aromatic rings. The van der Waals surface area contributed by atoms with Crippen molar-refractivity contribution in [3.05, 3.63) is 6.61 Å². The molecule has 1 radical (unpaired) electrons. The SMILES string of the molecule is CC(C)O[CH]CCC(=O)O. The van der Waals surface area contributed by atoms with Gasteiger partial charge in [0.15, 0.2) is 0 Å². The van der Waals surface area contributed by atoms with E-state index in [9.17, 15) is 4.79 Å². The maximum Gasteiger partial charge on any atom is 0.303 e. The molecule has 0 amide bonds. The van der Waals surface area contributed by atoms with E-state index in [0.29, 0.717) is 6.42 Å². The number of aliphatic carboxylic acids is 1. The van der Waals surface area contributed by atoms with E-state index in [4.69, 9.17) is 9.84 Å². The van der Waals surface area contributed by atoms with Crippen LogP contribution in [0.3, 0.4) is 0 Å². The molecule has 0 aliphatic rings. The van der Waals surface area contributed by atoms with E-state index in [-0.39, 0.29) is 12.5 Å². The summed E-state index contributed by atoms with van der Waals surface area (Å²) in [6, 6.07) is 0. The van der Waals surface area contributed by atoms with Gasteiger partial charge in [-0.05, 0) is 20.3 Å². The Morgan fingerprint density at radius 3 is 2.70 bits per heavy atom. The topological polar surface area (TPSA) is 46.5 Å². The third-order valence-electron chi connectivity index (χ3n) is 0.844. The summed E-state index contributed by atoms with van der Waals surface area (Å²) in [7, 11) is 0. The fourth-order valence-electron chi connectivity index (χ4n) is 0.443. The molecule has 3 heteroatoms. The van der Waals surface area contributed by atoms with E-state index < -0.39 is 5.97 Å². The first-order valence-electron chi connectivity index (χ1n) is 3.32. The summed E-state index contributed by atoms with van der Waals surface area (Å²) in [6.07, 6.45) is 0.772. The van der Waals surface area contributed by atoms with Crippen molar-refractivity contribution >= 4 is 5.97 Å². The van der Waals surface area contributed by atoms with Crippen LogP contribution in [0.5, 0.6) is 0 Å². The first-order valence-corrected chi connectivity index (χ1v) is 3.32. The predicted octanol–water partition coefficient (Wildman–Crippen LogP) is 1.44. The number of ether oxygens (including phenoxy) is 1. The molecule has 1 N–H and O–H groups in total. The Morgan fingerprint density at radius 1 is 1.70 bits per heavy atom. The first-order chi connectivity index (χ1) is 4.63. The maximum absolute atomic E-state index is 9.97. The minimum atomic E-state index is -0.788. The van der Waals surface area contributed by atoms with Crippen LogP contribution in [0, 0.1) is 6.61 Å². The summed E-state index contributed by atoms with van der Waals surface area (Å²) < 4.78 is 5.00. The second-order valence-corrected chi connectivity index (χ2v) is 2.28. The zero-order valence-electron chi connectivity index (χ0n) is 6.33. The monoisotopic (exact) mass is 145 g/mol. The number of carboxylic acids is 1. The number of carboxylic acid groups (broad SMARTS) is 1. The lowest BCUT2D eigenvalue weighted by atomic mass is 10.3. The molecule has 0 bridgehead atoms. The molecule has 0 aromatic heterocycles. The highest BCUT2D eigenvalue weighted by atomic mass is 16.5.